The minimum absolute atomic E-state index is 0.110. The number of aromatic amines is 2. The maximum atomic E-state index is 11.6. The first-order chi connectivity index (χ1) is 8.78. The van der Waals surface area contributed by atoms with Crippen LogP contribution in [0.4, 0.5) is 0 Å². The minimum Gasteiger partial charge on any atom is -0.355 e. The van der Waals surface area contributed by atoms with Gasteiger partial charge >= 0.3 is 0 Å². The fourth-order valence-electron chi connectivity index (χ4n) is 2.57. The van der Waals surface area contributed by atoms with Gasteiger partial charge in [0, 0.05) is 24.8 Å². The molecule has 2 N–H and O–H groups in total. The van der Waals surface area contributed by atoms with E-state index in [1.165, 1.54) is 12.7 Å². The average Bonchev–Trinajstić information content (AvgIpc) is 2.98. The standard InChI is InChI=1S/C12H16N4OS/c17-12-11-10(14-7-15-12)9(3-13-11)5-16-2-1-8(4-16)6-18/h3,7-8,13,18H,1-2,4-6H2,(H,14,15,17)/t8-/m1/s1. The molecule has 18 heavy (non-hydrogen) atoms. The molecule has 0 bridgehead atoms. The SMILES string of the molecule is O=c1[nH]cnc2c(CN3CC[C@@H](CS)C3)c[nH]c12. The van der Waals surface area contributed by atoms with Gasteiger partial charge in [0.05, 0.1) is 11.8 Å². The second-order valence-electron chi connectivity index (χ2n) is 4.84. The van der Waals surface area contributed by atoms with Crippen molar-refractivity contribution < 1.29 is 0 Å². The van der Waals surface area contributed by atoms with Crippen LogP contribution in [-0.2, 0) is 6.54 Å². The first-order valence-corrected chi connectivity index (χ1v) is 6.78. The van der Waals surface area contributed by atoms with Gasteiger partial charge in [-0.05, 0) is 24.6 Å². The van der Waals surface area contributed by atoms with Crippen LogP contribution in [0.2, 0.25) is 0 Å². The Morgan fingerprint density at radius 2 is 2.39 bits per heavy atom. The van der Waals surface area contributed by atoms with Crippen molar-refractivity contribution in [1.82, 2.24) is 19.9 Å². The number of hydrogen-bond acceptors (Lipinski definition) is 4. The van der Waals surface area contributed by atoms with E-state index in [0.29, 0.717) is 11.4 Å². The molecular formula is C12H16N4OS. The van der Waals surface area contributed by atoms with E-state index in [-0.39, 0.29) is 5.56 Å². The zero-order valence-corrected chi connectivity index (χ0v) is 10.9. The van der Waals surface area contributed by atoms with E-state index in [1.807, 2.05) is 6.20 Å². The van der Waals surface area contributed by atoms with Gasteiger partial charge in [-0.1, -0.05) is 0 Å². The van der Waals surface area contributed by atoms with E-state index in [4.69, 9.17) is 0 Å². The number of thiol groups is 1. The molecule has 1 aliphatic rings. The topological polar surface area (TPSA) is 64.8 Å². The van der Waals surface area contributed by atoms with Crippen LogP contribution < -0.4 is 5.56 Å². The molecule has 1 saturated heterocycles. The monoisotopic (exact) mass is 264 g/mol. The summed E-state index contributed by atoms with van der Waals surface area (Å²) in [4.78, 5) is 23.8. The zero-order chi connectivity index (χ0) is 12.5. The number of fused-ring (bicyclic) bond motifs is 1. The van der Waals surface area contributed by atoms with E-state index in [9.17, 15) is 4.79 Å². The molecule has 6 heteroatoms. The smallest absolute Gasteiger partial charge is 0.275 e. The lowest BCUT2D eigenvalue weighted by Gasteiger charge is -2.14. The molecule has 1 fully saturated rings. The fourth-order valence-corrected chi connectivity index (χ4v) is 2.87. The lowest BCUT2D eigenvalue weighted by atomic mass is 10.2. The summed E-state index contributed by atoms with van der Waals surface area (Å²) in [7, 11) is 0. The summed E-state index contributed by atoms with van der Waals surface area (Å²) in [6.07, 6.45) is 4.56. The lowest BCUT2D eigenvalue weighted by Crippen LogP contribution is -2.20. The molecule has 0 amide bonds. The molecule has 0 unspecified atom stereocenters. The molecule has 2 aromatic heterocycles. The Morgan fingerprint density at radius 3 is 3.17 bits per heavy atom. The molecule has 3 rings (SSSR count). The Labute approximate surface area is 110 Å². The summed E-state index contributed by atoms with van der Waals surface area (Å²) < 4.78 is 0. The summed E-state index contributed by atoms with van der Waals surface area (Å²) >= 11 is 4.35. The molecule has 96 valence electrons. The summed E-state index contributed by atoms with van der Waals surface area (Å²) in [5.74, 6) is 1.64. The molecule has 0 aliphatic carbocycles. The Kier molecular flexibility index (Phi) is 3.13. The van der Waals surface area contributed by atoms with Gasteiger partial charge in [0.2, 0.25) is 0 Å². The molecule has 3 heterocycles. The number of nitrogens with one attached hydrogen (secondary N) is 2. The maximum Gasteiger partial charge on any atom is 0.275 e. The van der Waals surface area contributed by atoms with Crippen LogP contribution in [0.5, 0.6) is 0 Å². The summed E-state index contributed by atoms with van der Waals surface area (Å²) in [6.45, 7) is 3.03. The number of nitrogens with zero attached hydrogens (tertiary/aromatic N) is 2. The second kappa shape index (κ2) is 4.78. The molecule has 1 aliphatic heterocycles. The molecule has 2 aromatic rings. The van der Waals surface area contributed by atoms with Gasteiger partial charge in [-0.15, -0.1) is 0 Å². The minimum atomic E-state index is -0.110. The van der Waals surface area contributed by atoms with E-state index < -0.39 is 0 Å². The Bertz CT molecular complexity index is 605. The third-order valence-corrected chi connectivity index (χ3v) is 4.09. The Morgan fingerprint density at radius 1 is 1.50 bits per heavy atom. The Hall–Kier alpha value is -1.27. The highest BCUT2D eigenvalue weighted by Gasteiger charge is 2.22. The van der Waals surface area contributed by atoms with Crippen LogP contribution >= 0.6 is 12.6 Å². The molecule has 1 atom stereocenters. The molecule has 5 nitrogen and oxygen atoms in total. The van der Waals surface area contributed by atoms with Crippen molar-refractivity contribution in [3.63, 3.8) is 0 Å². The number of rotatable bonds is 3. The van der Waals surface area contributed by atoms with Crippen molar-refractivity contribution in [2.24, 2.45) is 5.92 Å². The van der Waals surface area contributed by atoms with E-state index in [0.717, 1.165) is 36.5 Å². The second-order valence-corrected chi connectivity index (χ2v) is 5.21. The van der Waals surface area contributed by atoms with Gasteiger partial charge in [-0.2, -0.15) is 12.6 Å². The summed E-state index contributed by atoms with van der Waals surface area (Å²) in [5.41, 5.74) is 2.34. The van der Waals surface area contributed by atoms with Gasteiger partial charge in [-0.25, -0.2) is 4.98 Å². The van der Waals surface area contributed by atoms with Crippen molar-refractivity contribution in [3.05, 3.63) is 28.4 Å². The lowest BCUT2D eigenvalue weighted by molar-refractivity contribution is 0.322. The van der Waals surface area contributed by atoms with Crippen LogP contribution in [0, 0.1) is 5.92 Å². The highest BCUT2D eigenvalue weighted by Crippen LogP contribution is 2.21. The summed E-state index contributed by atoms with van der Waals surface area (Å²) in [6, 6.07) is 0. The predicted molar refractivity (Wildman–Crippen MR) is 74.0 cm³/mol. The predicted octanol–water partition coefficient (Wildman–Crippen LogP) is 1.00. The largest absolute Gasteiger partial charge is 0.355 e. The number of hydrogen-bond donors (Lipinski definition) is 3. The van der Waals surface area contributed by atoms with E-state index in [1.54, 1.807) is 0 Å². The van der Waals surface area contributed by atoms with Crippen molar-refractivity contribution in [2.45, 2.75) is 13.0 Å². The molecule has 0 radical (unpaired) electrons. The average molecular weight is 264 g/mol. The molecule has 0 spiro atoms. The van der Waals surface area contributed by atoms with Crippen LogP contribution in [0.25, 0.3) is 11.0 Å². The third-order valence-electron chi connectivity index (χ3n) is 3.57. The first-order valence-electron chi connectivity index (χ1n) is 6.15. The van der Waals surface area contributed by atoms with Gasteiger partial charge in [0.1, 0.15) is 5.52 Å². The van der Waals surface area contributed by atoms with E-state index in [2.05, 4.69) is 32.5 Å². The van der Waals surface area contributed by atoms with Crippen LogP contribution in [0.1, 0.15) is 12.0 Å². The van der Waals surface area contributed by atoms with Crippen LogP contribution in [-0.4, -0.2) is 38.7 Å². The van der Waals surface area contributed by atoms with Gasteiger partial charge < -0.3 is 9.97 Å². The molecular weight excluding hydrogens is 248 g/mol. The van der Waals surface area contributed by atoms with Gasteiger partial charge in [0.15, 0.2) is 0 Å². The van der Waals surface area contributed by atoms with Crippen molar-refractivity contribution >= 4 is 23.7 Å². The molecule has 0 aromatic carbocycles. The van der Waals surface area contributed by atoms with Crippen LogP contribution in [0.15, 0.2) is 17.3 Å². The summed E-state index contributed by atoms with van der Waals surface area (Å²) in [5, 5.41) is 0. The van der Waals surface area contributed by atoms with Crippen molar-refractivity contribution in [2.75, 3.05) is 18.8 Å². The van der Waals surface area contributed by atoms with E-state index >= 15 is 0 Å². The van der Waals surface area contributed by atoms with Crippen molar-refractivity contribution in [3.8, 4) is 0 Å². The highest BCUT2D eigenvalue weighted by molar-refractivity contribution is 7.80. The number of H-pyrrole nitrogens is 2. The number of likely N-dealkylation sites (tertiary alicyclic amines) is 1. The van der Waals surface area contributed by atoms with Crippen molar-refractivity contribution in [1.29, 1.82) is 0 Å². The van der Waals surface area contributed by atoms with Crippen LogP contribution in [0.3, 0.4) is 0 Å². The maximum absolute atomic E-state index is 11.6. The zero-order valence-electron chi connectivity index (χ0n) is 10.0. The fraction of sp³-hybridized carbons (Fsp3) is 0.500. The number of aromatic nitrogens is 3. The van der Waals surface area contributed by atoms with Gasteiger partial charge in [0.25, 0.3) is 5.56 Å². The highest BCUT2D eigenvalue weighted by atomic mass is 32.1. The normalized spacial score (nSPS) is 20.8. The first kappa shape index (κ1) is 11.8. The molecule has 0 saturated carbocycles. The third kappa shape index (κ3) is 2.06. The quantitative estimate of drug-likeness (QED) is 0.725. The Balaban J connectivity index is 1.83. The van der Waals surface area contributed by atoms with Gasteiger partial charge in [-0.3, -0.25) is 9.69 Å².